The lowest BCUT2D eigenvalue weighted by Crippen LogP contribution is -2.37. The molecule has 0 amide bonds. The number of carbonyl (C=O) groups is 1. The molecule has 5 heteroatoms. The largest absolute Gasteiger partial charge is 0.370 e. The highest BCUT2D eigenvalue weighted by Crippen LogP contribution is 2.33. The van der Waals surface area contributed by atoms with Gasteiger partial charge in [0.05, 0.1) is 5.25 Å². The van der Waals surface area contributed by atoms with Crippen molar-refractivity contribution in [3.8, 4) is 0 Å². The molecule has 1 aliphatic heterocycles. The molecule has 0 bridgehead atoms. The Labute approximate surface area is 109 Å². The summed E-state index contributed by atoms with van der Waals surface area (Å²) in [6.45, 7) is 2.69. The third-order valence-electron chi connectivity index (χ3n) is 4.30. The summed E-state index contributed by atoms with van der Waals surface area (Å²) >= 11 is 0. The van der Waals surface area contributed by atoms with Crippen LogP contribution < -0.4 is 0 Å². The molecule has 2 aliphatic rings. The first-order valence-corrected chi connectivity index (χ1v) is 8.69. The number of sulfone groups is 1. The van der Waals surface area contributed by atoms with Gasteiger partial charge in [-0.25, -0.2) is 8.42 Å². The Morgan fingerprint density at radius 1 is 1.22 bits per heavy atom. The number of hydrogen-bond donors (Lipinski definition) is 0. The molecule has 0 aromatic carbocycles. The summed E-state index contributed by atoms with van der Waals surface area (Å²) in [5.41, 5.74) is 0. The zero-order valence-corrected chi connectivity index (χ0v) is 11.9. The summed E-state index contributed by atoms with van der Waals surface area (Å²) in [5, 5.41) is -0.336. The lowest BCUT2D eigenvalue weighted by molar-refractivity contribution is -0.134. The maximum atomic E-state index is 12.4. The first kappa shape index (κ1) is 14.0. The van der Waals surface area contributed by atoms with Gasteiger partial charge in [-0.2, -0.15) is 0 Å². The topological polar surface area (TPSA) is 60.4 Å². The Morgan fingerprint density at radius 3 is 2.50 bits per heavy atom. The normalized spacial score (nSPS) is 37.7. The smallest absolute Gasteiger partial charge is 0.164 e. The van der Waals surface area contributed by atoms with Gasteiger partial charge in [0.1, 0.15) is 15.9 Å². The summed E-state index contributed by atoms with van der Waals surface area (Å²) in [5.74, 6) is 0.286. The van der Waals surface area contributed by atoms with Gasteiger partial charge < -0.3 is 4.74 Å². The van der Waals surface area contributed by atoms with Gasteiger partial charge in [-0.1, -0.05) is 13.3 Å². The minimum absolute atomic E-state index is 0.121. The molecular weight excluding hydrogens is 252 g/mol. The van der Waals surface area contributed by atoms with E-state index < -0.39 is 9.84 Å². The number of carbonyl (C=O) groups excluding carboxylic acids is 1. The van der Waals surface area contributed by atoms with Crippen LogP contribution in [0.2, 0.25) is 0 Å². The van der Waals surface area contributed by atoms with E-state index in [0.29, 0.717) is 19.4 Å². The number of Topliss-reactive ketones (excluding diaryl/α,β-unsaturated/α-hetero) is 1. The highest BCUT2D eigenvalue weighted by Gasteiger charge is 2.39. The highest BCUT2D eigenvalue weighted by atomic mass is 32.2. The first-order chi connectivity index (χ1) is 8.39. The van der Waals surface area contributed by atoms with Crippen molar-refractivity contribution in [3.05, 3.63) is 0 Å². The molecule has 2 fully saturated rings. The predicted octanol–water partition coefficient (Wildman–Crippen LogP) is 1.58. The standard InChI is InChI=1S/C13H22O4S/c1-9-6-7-17-13(9)12(14)10-4-3-5-11(8-10)18(2,15)16/h9-11,13H,3-8H2,1-2H3. The van der Waals surface area contributed by atoms with Crippen LogP contribution in [-0.2, 0) is 19.4 Å². The minimum Gasteiger partial charge on any atom is -0.370 e. The van der Waals surface area contributed by atoms with E-state index in [-0.39, 0.29) is 29.0 Å². The highest BCUT2D eigenvalue weighted by molar-refractivity contribution is 7.91. The quantitative estimate of drug-likeness (QED) is 0.784. The zero-order chi connectivity index (χ0) is 13.3. The molecular formula is C13H22O4S. The summed E-state index contributed by atoms with van der Waals surface area (Å²) in [7, 11) is -3.02. The molecule has 0 N–H and O–H groups in total. The van der Waals surface area contributed by atoms with Crippen LogP contribution >= 0.6 is 0 Å². The molecule has 0 aromatic rings. The molecule has 0 radical (unpaired) electrons. The van der Waals surface area contributed by atoms with Crippen molar-refractivity contribution in [2.75, 3.05) is 12.9 Å². The molecule has 0 spiro atoms. The van der Waals surface area contributed by atoms with Crippen LogP contribution in [0.4, 0.5) is 0 Å². The molecule has 18 heavy (non-hydrogen) atoms. The molecule has 1 aliphatic carbocycles. The number of ketones is 1. The van der Waals surface area contributed by atoms with Gasteiger partial charge in [-0.15, -0.1) is 0 Å². The van der Waals surface area contributed by atoms with Gasteiger partial charge in [0, 0.05) is 18.8 Å². The summed E-state index contributed by atoms with van der Waals surface area (Å²) in [4.78, 5) is 12.4. The summed E-state index contributed by atoms with van der Waals surface area (Å²) < 4.78 is 28.7. The Balaban J connectivity index is 2.02. The van der Waals surface area contributed by atoms with E-state index in [2.05, 4.69) is 0 Å². The van der Waals surface area contributed by atoms with Crippen molar-refractivity contribution in [1.82, 2.24) is 0 Å². The van der Waals surface area contributed by atoms with Crippen LogP contribution in [0, 0.1) is 11.8 Å². The third kappa shape index (κ3) is 2.94. The third-order valence-corrected chi connectivity index (χ3v) is 5.94. The molecule has 0 aromatic heterocycles. The maximum Gasteiger partial charge on any atom is 0.164 e. The summed E-state index contributed by atoms with van der Waals surface area (Å²) in [6.07, 6.45) is 4.74. The van der Waals surface area contributed by atoms with E-state index in [4.69, 9.17) is 4.74 Å². The minimum atomic E-state index is -3.02. The van der Waals surface area contributed by atoms with Gasteiger partial charge in [-0.3, -0.25) is 4.79 Å². The monoisotopic (exact) mass is 274 g/mol. The van der Waals surface area contributed by atoms with Crippen molar-refractivity contribution < 1.29 is 17.9 Å². The van der Waals surface area contributed by atoms with E-state index in [1.165, 1.54) is 6.26 Å². The van der Waals surface area contributed by atoms with Crippen LogP contribution in [0.5, 0.6) is 0 Å². The average molecular weight is 274 g/mol. The van der Waals surface area contributed by atoms with Crippen molar-refractivity contribution in [2.24, 2.45) is 11.8 Å². The number of rotatable bonds is 3. The summed E-state index contributed by atoms with van der Waals surface area (Å²) in [6, 6.07) is 0. The molecule has 4 atom stereocenters. The van der Waals surface area contributed by atoms with E-state index in [0.717, 1.165) is 19.3 Å². The second-order valence-electron chi connectivity index (χ2n) is 5.77. The second kappa shape index (κ2) is 5.29. The average Bonchev–Trinajstić information content (AvgIpc) is 2.73. The number of hydrogen-bond acceptors (Lipinski definition) is 4. The maximum absolute atomic E-state index is 12.4. The Kier molecular flexibility index (Phi) is 4.11. The van der Waals surface area contributed by atoms with E-state index in [9.17, 15) is 13.2 Å². The van der Waals surface area contributed by atoms with E-state index in [1.807, 2.05) is 6.92 Å². The molecule has 4 nitrogen and oxygen atoms in total. The fourth-order valence-corrected chi connectivity index (χ4v) is 4.26. The van der Waals surface area contributed by atoms with Crippen LogP contribution in [-0.4, -0.2) is 38.4 Å². The van der Waals surface area contributed by atoms with Crippen LogP contribution in [0.1, 0.15) is 39.0 Å². The Morgan fingerprint density at radius 2 is 1.94 bits per heavy atom. The van der Waals surface area contributed by atoms with E-state index in [1.54, 1.807) is 0 Å². The van der Waals surface area contributed by atoms with Gasteiger partial charge in [0.2, 0.25) is 0 Å². The molecule has 1 heterocycles. The lowest BCUT2D eigenvalue weighted by Gasteiger charge is -2.29. The lowest BCUT2D eigenvalue weighted by atomic mass is 9.82. The fraction of sp³-hybridized carbons (Fsp3) is 0.923. The van der Waals surface area contributed by atoms with Crippen LogP contribution in [0.3, 0.4) is 0 Å². The molecule has 2 rings (SSSR count). The van der Waals surface area contributed by atoms with Gasteiger partial charge in [0.25, 0.3) is 0 Å². The molecule has 1 saturated heterocycles. The molecule has 104 valence electrons. The van der Waals surface area contributed by atoms with Gasteiger partial charge in [0.15, 0.2) is 5.78 Å². The van der Waals surface area contributed by atoms with Crippen molar-refractivity contribution in [1.29, 1.82) is 0 Å². The van der Waals surface area contributed by atoms with Gasteiger partial charge >= 0.3 is 0 Å². The van der Waals surface area contributed by atoms with Gasteiger partial charge in [-0.05, 0) is 31.6 Å². The van der Waals surface area contributed by atoms with Crippen molar-refractivity contribution in [2.45, 2.75) is 50.4 Å². The predicted molar refractivity (Wildman–Crippen MR) is 69.1 cm³/mol. The SMILES string of the molecule is CC1CCOC1C(=O)C1CCCC(S(C)(=O)=O)C1. The molecule has 1 saturated carbocycles. The number of ether oxygens (including phenoxy) is 1. The van der Waals surface area contributed by atoms with Crippen molar-refractivity contribution >= 4 is 15.6 Å². The van der Waals surface area contributed by atoms with Crippen molar-refractivity contribution in [3.63, 3.8) is 0 Å². The Bertz CT molecular complexity index is 415. The first-order valence-electron chi connectivity index (χ1n) is 6.74. The molecule has 4 unspecified atom stereocenters. The second-order valence-corrected chi connectivity index (χ2v) is 8.10. The Hall–Kier alpha value is -0.420. The van der Waals surface area contributed by atoms with Crippen LogP contribution in [0.25, 0.3) is 0 Å². The van der Waals surface area contributed by atoms with Crippen LogP contribution in [0.15, 0.2) is 0 Å². The fourth-order valence-electron chi connectivity index (χ4n) is 3.08. The van der Waals surface area contributed by atoms with E-state index >= 15 is 0 Å². The zero-order valence-electron chi connectivity index (χ0n) is 11.1.